The normalized spacial score (nSPS) is 29.2. The van der Waals surface area contributed by atoms with Crippen molar-refractivity contribution in [1.82, 2.24) is 14.9 Å². The van der Waals surface area contributed by atoms with Gasteiger partial charge in [-0.05, 0) is 50.8 Å². The number of nitrogens with zero attached hydrogens (tertiary/aromatic N) is 3. The molecule has 1 aromatic heterocycles. The van der Waals surface area contributed by atoms with E-state index in [0.29, 0.717) is 23.1 Å². The number of hydrogen-bond donors (Lipinski definition) is 3. The van der Waals surface area contributed by atoms with Crippen molar-refractivity contribution in [3.63, 3.8) is 0 Å². The highest BCUT2D eigenvalue weighted by Gasteiger charge is 2.50. The molecule has 8 nitrogen and oxygen atoms in total. The minimum atomic E-state index is -0.714. The maximum Gasteiger partial charge on any atom is 0.268 e. The fourth-order valence-corrected chi connectivity index (χ4v) is 5.89. The van der Waals surface area contributed by atoms with Crippen LogP contribution >= 0.6 is 23.2 Å². The number of rotatable bonds is 4. The van der Waals surface area contributed by atoms with Crippen LogP contribution in [-0.4, -0.2) is 58.7 Å². The van der Waals surface area contributed by atoms with Gasteiger partial charge < -0.3 is 26.4 Å². The number of ether oxygens (including phenoxy) is 1. The van der Waals surface area contributed by atoms with Gasteiger partial charge in [-0.2, -0.15) is 4.98 Å². The van der Waals surface area contributed by atoms with E-state index in [1.165, 1.54) is 12.8 Å². The van der Waals surface area contributed by atoms with Crippen molar-refractivity contribution in [3.8, 4) is 11.1 Å². The van der Waals surface area contributed by atoms with E-state index in [0.717, 1.165) is 32.5 Å². The molecule has 4 fully saturated rings. The molecule has 4 aliphatic heterocycles. The van der Waals surface area contributed by atoms with Crippen LogP contribution in [0, 0.1) is 5.92 Å². The maximum absolute atomic E-state index is 12.3. The van der Waals surface area contributed by atoms with Crippen LogP contribution in [0.15, 0.2) is 18.2 Å². The van der Waals surface area contributed by atoms with Gasteiger partial charge in [0.1, 0.15) is 11.5 Å². The van der Waals surface area contributed by atoms with E-state index in [1.807, 2.05) is 0 Å². The zero-order valence-corrected chi connectivity index (χ0v) is 19.1. The average Bonchev–Trinajstić information content (AvgIpc) is 2.76. The zero-order chi connectivity index (χ0) is 22.5. The quantitative estimate of drug-likeness (QED) is 0.619. The van der Waals surface area contributed by atoms with E-state index in [-0.39, 0.29) is 39.7 Å². The first-order chi connectivity index (χ1) is 15.4. The average molecular weight is 477 g/mol. The number of piperidine rings is 3. The third-order valence-corrected chi connectivity index (χ3v) is 7.81. The lowest BCUT2D eigenvalue weighted by atomic mass is 9.71. The third-order valence-electron chi connectivity index (χ3n) is 7.00. The molecule has 4 saturated heterocycles. The Morgan fingerprint density at radius 2 is 2.00 bits per heavy atom. The topological polar surface area (TPSA) is 119 Å². The van der Waals surface area contributed by atoms with Crippen LogP contribution in [-0.2, 0) is 4.74 Å². The van der Waals surface area contributed by atoms with Gasteiger partial charge in [0.05, 0.1) is 21.2 Å². The highest BCUT2D eigenvalue weighted by atomic mass is 35.5. The second-order valence-electron chi connectivity index (χ2n) is 8.92. The van der Waals surface area contributed by atoms with Gasteiger partial charge in [-0.25, -0.2) is 4.98 Å². The Morgan fingerprint density at radius 1 is 1.22 bits per heavy atom. The van der Waals surface area contributed by atoms with Gasteiger partial charge in [-0.3, -0.25) is 4.79 Å². The summed E-state index contributed by atoms with van der Waals surface area (Å²) in [5.74, 6) is 0.261. The Balaban J connectivity index is 1.43. The summed E-state index contributed by atoms with van der Waals surface area (Å²) in [7, 11) is 0. The van der Waals surface area contributed by atoms with E-state index in [9.17, 15) is 4.79 Å². The summed E-state index contributed by atoms with van der Waals surface area (Å²) in [5, 5.41) is 3.99. The number of nitrogen functional groups attached to an aromatic ring is 1. The van der Waals surface area contributed by atoms with Gasteiger partial charge in [0.15, 0.2) is 0 Å². The molecule has 170 valence electrons. The Hall–Kier alpha value is -2.13. The van der Waals surface area contributed by atoms with Crippen molar-refractivity contribution in [2.75, 3.05) is 37.3 Å². The number of carbonyl (C=O) groups excluding carboxylic acids is 1. The second-order valence-corrected chi connectivity index (χ2v) is 9.70. The lowest BCUT2D eigenvalue weighted by Crippen LogP contribution is -2.63. The van der Waals surface area contributed by atoms with E-state index in [4.69, 9.17) is 39.4 Å². The molecule has 1 aromatic carbocycles. The second kappa shape index (κ2) is 8.33. The number of anilines is 2. The minimum Gasteiger partial charge on any atom is -0.383 e. The summed E-state index contributed by atoms with van der Waals surface area (Å²) in [6.07, 6.45) is 4.05. The summed E-state index contributed by atoms with van der Waals surface area (Å²) >= 11 is 12.5. The number of benzene rings is 1. The van der Waals surface area contributed by atoms with Gasteiger partial charge in [-0.1, -0.05) is 35.3 Å². The minimum absolute atomic E-state index is 0.00812. The maximum atomic E-state index is 12.3. The smallest absolute Gasteiger partial charge is 0.268 e. The molecule has 2 aromatic rings. The molecule has 2 bridgehead atoms. The van der Waals surface area contributed by atoms with E-state index in [1.54, 1.807) is 18.2 Å². The number of carbonyl (C=O) groups is 1. The molecule has 0 radical (unpaired) electrons. The SMILES string of the molecule is NC(=O)c1nc(NC2CCOC3(C2)CN2CCC3CC2)nc(N)c1-c1cccc(Cl)c1Cl. The van der Waals surface area contributed by atoms with Crippen molar-refractivity contribution < 1.29 is 9.53 Å². The van der Waals surface area contributed by atoms with Gasteiger partial charge in [-0.15, -0.1) is 0 Å². The molecule has 2 unspecified atom stereocenters. The molecule has 2 atom stereocenters. The molecular formula is C22H26Cl2N6O2. The van der Waals surface area contributed by atoms with E-state index < -0.39 is 5.91 Å². The van der Waals surface area contributed by atoms with Crippen LogP contribution in [0.3, 0.4) is 0 Å². The molecule has 6 rings (SSSR count). The monoisotopic (exact) mass is 476 g/mol. The number of primary amides is 1. The highest BCUT2D eigenvalue weighted by molar-refractivity contribution is 6.44. The fourth-order valence-electron chi connectivity index (χ4n) is 5.49. The van der Waals surface area contributed by atoms with Crippen LogP contribution in [0.5, 0.6) is 0 Å². The molecule has 0 saturated carbocycles. The van der Waals surface area contributed by atoms with Crippen molar-refractivity contribution in [1.29, 1.82) is 0 Å². The largest absolute Gasteiger partial charge is 0.383 e. The first kappa shape index (κ1) is 21.7. The van der Waals surface area contributed by atoms with Gasteiger partial charge in [0, 0.05) is 24.8 Å². The molecule has 0 aliphatic carbocycles. The first-order valence-electron chi connectivity index (χ1n) is 10.9. The van der Waals surface area contributed by atoms with E-state index >= 15 is 0 Å². The number of halogens is 2. The summed E-state index contributed by atoms with van der Waals surface area (Å²) < 4.78 is 6.35. The third kappa shape index (κ3) is 3.79. The van der Waals surface area contributed by atoms with Crippen LogP contribution in [0.25, 0.3) is 11.1 Å². The molecule has 10 heteroatoms. The summed E-state index contributed by atoms with van der Waals surface area (Å²) in [6, 6.07) is 5.19. The lowest BCUT2D eigenvalue weighted by molar-refractivity contribution is -0.175. The van der Waals surface area contributed by atoms with Crippen molar-refractivity contribution in [2.45, 2.75) is 37.3 Å². The summed E-state index contributed by atoms with van der Waals surface area (Å²) in [4.78, 5) is 23.6. The first-order valence-corrected chi connectivity index (χ1v) is 11.7. The zero-order valence-electron chi connectivity index (χ0n) is 17.6. The van der Waals surface area contributed by atoms with Crippen LogP contribution < -0.4 is 16.8 Å². The number of amides is 1. The Morgan fingerprint density at radius 3 is 2.69 bits per heavy atom. The van der Waals surface area contributed by atoms with Gasteiger partial charge >= 0.3 is 0 Å². The van der Waals surface area contributed by atoms with Gasteiger partial charge in [0.25, 0.3) is 5.91 Å². The number of nitrogens with one attached hydrogen (secondary N) is 1. The van der Waals surface area contributed by atoms with Crippen molar-refractivity contribution in [3.05, 3.63) is 33.9 Å². The van der Waals surface area contributed by atoms with E-state index in [2.05, 4.69) is 20.2 Å². The lowest BCUT2D eigenvalue weighted by Gasteiger charge is -2.55. The Bertz CT molecular complexity index is 1060. The molecule has 1 amide bonds. The highest BCUT2D eigenvalue weighted by Crippen LogP contribution is 2.44. The molecule has 4 aliphatic rings. The Kier molecular flexibility index (Phi) is 5.65. The van der Waals surface area contributed by atoms with Crippen LogP contribution in [0.1, 0.15) is 36.2 Å². The number of fused-ring (bicyclic) bond motifs is 2. The standard InChI is InChI=1S/C22H26Cl2N6O2/c23-15-3-1-2-14(17(15)24)16-18(20(26)31)28-21(29-19(16)25)27-13-6-9-32-22(10-13)11-30-7-4-12(22)5-8-30/h1-3,12-13H,4-11H2,(H2,26,31)(H3,25,27,28,29). The molecule has 5 heterocycles. The molecule has 32 heavy (non-hydrogen) atoms. The molecule has 5 N–H and O–H groups in total. The van der Waals surface area contributed by atoms with Crippen LogP contribution in [0.2, 0.25) is 10.0 Å². The molecule has 1 spiro atoms. The fraction of sp³-hybridized carbons (Fsp3) is 0.500. The number of nitrogens with two attached hydrogens (primary N) is 2. The summed E-state index contributed by atoms with van der Waals surface area (Å²) in [5.41, 5.74) is 12.6. The van der Waals surface area contributed by atoms with Gasteiger partial charge in [0.2, 0.25) is 5.95 Å². The predicted molar refractivity (Wildman–Crippen MR) is 125 cm³/mol. The van der Waals surface area contributed by atoms with Crippen LogP contribution in [0.4, 0.5) is 11.8 Å². The summed E-state index contributed by atoms with van der Waals surface area (Å²) in [6.45, 7) is 3.96. The van der Waals surface area contributed by atoms with Crippen molar-refractivity contribution in [2.24, 2.45) is 11.7 Å². The van der Waals surface area contributed by atoms with Crippen molar-refractivity contribution >= 4 is 40.9 Å². The number of hydrogen-bond acceptors (Lipinski definition) is 7. The number of aromatic nitrogens is 2. The molecular weight excluding hydrogens is 451 g/mol. The Labute approximate surface area is 196 Å². The predicted octanol–water partition coefficient (Wildman–Crippen LogP) is 3.19.